The van der Waals surface area contributed by atoms with E-state index < -0.39 is 0 Å². The summed E-state index contributed by atoms with van der Waals surface area (Å²) in [5.74, 6) is 1.79. The molecule has 0 radical (unpaired) electrons. The first-order valence-corrected chi connectivity index (χ1v) is 11.8. The predicted octanol–water partition coefficient (Wildman–Crippen LogP) is 5.17. The van der Waals surface area contributed by atoms with E-state index in [0.29, 0.717) is 6.61 Å². The summed E-state index contributed by atoms with van der Waals surface area (Å²) in [6.07, 6.45) is 1.01. The maximum atomic E-state index is 6.03. The van der Waals surface area contributed by atoms with Crippen molar-refractivity contribution in [2.45, 2.75) is 24.7 Å². The van der Waals surface area contributed by atoms with Gasteiger partial charge in [0.2, 0.25) is 5.16 Å². The van der Waals surface area contributed by atoms with Crippen molar-refractivity contribution < 1.29 is 4.74 Å². The molecule has 0 unspecified atom stereocenters. The fourth-order valence-corrected chi connectivity index (χ4v) is 4.17. The lowest BCUT2D eigenvalue weighted by Gasteiger charge is -2.09. The highest BCUT2D eigenvalue weighted by Gasteiger charge is 2.08. The Morgan fingerprint density at radius 1 is 0.938 bits per heavy atom. The smallest absolute Gasteiger partial charge is 0.214 e. The summed E-state index contributed by atoms with van der Waals surface area (Å²) in [5, 5.41) is 17.1. The van der Waals surface area contributed by atoms with Gasteiger partial charge in [-0.1, -0.05) is 65.8 Å². The highest BCUT2D eigenvalue weighted by molar-refractivity contribution is 7.99. The fraction of sp³-hybridized carbons (Fsp3) is 0.208. The van der Waals surface area contributed by atoms with Gasteiger partial charge in [0.25, 0.3) is 0 Å². The quantitative estimate of drug-likeness (QED) is 0.243. The molecule has 0 fully saturated rings. The second-order valence-corrected chi connectivity index (χ2v) is 8.65. The molecule has 0 saturated heterocycles. The van der Waals surface area contributed by atoms with Gasteiger partial charge < -0.3 is 10.1 Å². The molecule has 1 aromatic heterocycles. The molecule has 0 bridgehead atoms. The topological polar surface area (TPSA) is 64.9 Å². The number of nitrogens with zero attached hydrogens (tertiary/aromatic N) is 4. The number of tetrazole rings is 1. The van der Waals surface area contributed by atoms with Crippen LogP contribution in [0.1, 0.15) is 17.5 Å². The molecule has 0 aliphatic carbocycles. The van der Waals surface area contributed by atoms with Gasteiger partial charge >= 0.3 is 0 Å². The van der Waals surface area contributed by atoms with Crippen LogP contribution < -0.4 is 10.1 Å². The van der Waals surface area contributed by atoms with Crippen molar-refractivity contribution in [3.8, 4) is 11.4 Å². The molecule has 8 heteroatoms. The minimum Gasteiger partial charge on any atom is -0.489 e. The second-order valence-electron chi connectivity index (χ2n) is 7.15. The average molecular weight is 466 g/mol. The van der Waals surface area contributed by atoms with Crippen LogP contribution in [0.2, 0.25) is 5.02 Å². The van der Waals surface area contributed by atoms with Crippen LogP contribution >= 0.6 is 23.4 Å². The van der Waals surface area contributed by atoms with Gasteiger partial charge in [-0.2, -0.15) is 4.68 Å². The Morgan fingerprint density at radius 2 is 1.78 bits per heavy atom. The van der Waals surface area contributed by atoms with Crippen molar-refractivity contribution in [3.63, 3.8) is 0 Å². The SMILES string of the molecule is Clc1cccc(COc2cccc(CNCCCSc3nnnn3-c3ccccc3)c2)c1. The summed E-state index contributed by atoms with van der Waals surface area (Å²) in [6.45, 7) is 2.20. The molecule has 6 nitrogen and oxygen atoms in total. The largest absolute Gasteiger partial charge is 0.489 e. The van der Waals surface area contributed by atoms with E-state index in [9.17, 15) is 0 Å². The van der Waals surface area contributed by atoms with Crippen LogP contribution in [0.5, 0.6) is 5.75 Å². The molecular weight excluding hydrogens is 442 g/mol. The lowest BCUT2D eigenvalue weighted by Crippen LogP contribution is -2.15. The number of aromatic nitrogens is 4. The molecule has 4 rings (SSSR count). The zero-order valence-corrected chi connectivity index (χ0v) is 19.1. The number of benzene rings is 3. The highest BCUT2D eigenvalue weighted by Crippen LogP contribution is 2.19. The number of hydrogen-bond acceptors (Lipinski definition) is 6. The van der Waals surface area contributed by atoms with E-state index in [1.807, 2.05) is 66.7 Å². The van der Waals surface area contributed by atoms with Gasteiger partial charge in [0.05, 0.1) is 5.69 Å². The van der Waals surface area contributed by atoms with E-state index in [1.165, 1.54) is 5.56 Å². The second kappa shape index (κ2) is 11.7. The number of nitrogens with one attached hydrogen (secondary N) is 1. The minimum absolute atomic E-state index is 0.497. The van der Waals surface area contributed by atoms with Gasteiger partial charge in [-0.25, -0.2) is 0 Å². The van der Waals surface area contributed by atoms with Crippen molar-refractivity contribution in [2.24, 2.45) is 0 Å². The van der Waals surface area contributed by atoms with Gasteiger partial charge in [0.1, 0.15) is 12.4 Å². The normalized spacial score (nSPS) is 10.9. The Balaban J connectivity index is 1.17. The number of thioether (sulfide) groups is 1. The molecule has 0 aliphatic rings. The van der Waals surface area contributed by atoms with Crippen molar-refractivity contribution in [1.82, 2.24) is 25.5 Å². The molecule has 3 aromatic carbocycles. The summed E-state index contributed by atoms with van der Waals surface area (Å²) in [4.78, 5) is 0. The maximum Gasteiger partial charge on any atom is 0.214 e. The van der Waals surface area contributed by atoms with E-state index in [1.54, 1.807) is 16.4 Å². The van der Waals surface area contributed by atoms with Gasteiger partial charge in [0.15, 0.2) is 0 Å². The minimum atomic E-state index is 0.497. The molecule has 0 atom stereocenters. The molecular formula is C24H24ClN5OS. The maximum absolute atomic E-state index is 6.03. The molecule has 1 heterocycles. The van der Waals surface area contributed by atoms with E-state index >= 15 is 0 Å². The molecule has 164 valence electrons. The van der Waals surface area contributed by atoms with E-state index in [0.717, 1.165) is 52.4 Å². The number of para-hydroxylation sites is 1. The van der Waals surface area contributed by atoms with Crippen LogP contribution in [0, 0.1) is 0 Å². The van der Waals surface area contributed by atoms with Crippen molar-refractivity contribution >= 4 is 23.4 Å². The monoisotopic (exact) mass is 465 g/mol. The van der Waals surface area contributed by atoms with Crippen LogP contribution in [0.15, 0.2) is 84.0 Å². The molecule has 0 aliphatic heterocycles. The summed E-state index contributed by atoms with van der Waals surface area (Å²) < 4.78 is 7.68. The first kappa shape index (κ1) is 22.3. The van der Waals surface area contributed by atoms with Crippen LogP contribution in [-0.2, 0) is 13.2 Å². The molecule has 4 aromatic rings. The van der Waals surface area contributed by atoms with Gasteiger partial charge in [-0.15, -0.1) is 5.10 Å². The number of ether oxygens (including phenoxy) is 1. The molecule has 1 N–H and O–H groups in total. The third-order valence-electron chi connectivity index (χ3n) is 4.69. The third kappa shape index (κ3) is 6.56. The Kier molecular flexibility index (Phi) is 8.14. The Morgan fingerprint density at radius 3 is 2.66 bits per heavy atom. The van der Waals surface area contributed by atoms with Crippen LogP contribution in [-0.4, -0.2) is 32.5 Å². The number of hydrogen-bond donors (Lipinski definition) is 1. The highest BCUT2D eigenvalue weighted by atomic mass is 35.5. The molecule has 0 saturated carbocycles. The van der Waals surface area contributed by atoms with E-state index in [-0.39, 0.29) is 0 Å². The van der Waals surface area contributed by atoms with E-state index in [2.05, 4.69) is 33.0 Å². The molecule has 0 spiro atoms. The van der Waals surface area contributed by atoms with Crippen LogP contribution in [0.4, 0.5) is 0 Å². The van der Waals surface area contributed by atoms with E-state index in [4.69, 9.17) is 16.3 Å². The Bertz CT molecular complexity index is 1120. The molecule has 0 amide bonds. The Hall–Kier alpha value is -2.87. The standard InChI is InChI=1S/C24H24ClN5OS/c25-21-9-4-8-20(15-21)18-31-23-12-5-7-19(16-23)17-26-13-6-14-32-24-27-28-29-30(24)22-10-2-1-3-11-22/h1-5,7-12,15-16,26H,6,13-14,17-18H2. The summed E-state index contributed by atoms with van der Waals surface area (Å²) in [6, 6.07) is 25.8. The van der Waals surface area contributed by atoms with Gasteiger partial charge in [-0.05, 0) is 70.9 Å². The first-order valence-electron chi connectivity index (χ1n) is 10.4. The van der Waals surface area contributed by atoms with Gasteiger partial charge in [0, 0.05) is 17.3 Å². The lowest BCUT2D eigenvalue weighted by molar-refractivity contribution is 0.306. The van der Waals surface area contributed by atoms with Crippen molar-refractivity contribution in [2.75, 3.05) is 12.3 Å². The lowest BCUT2D eigenvalue weighted by atomic mass is 10.2. The van der Waals surface area contributed by atoms with Crippen LogP contribution in [0.3, 0.4) is 0 Å². The number of halogens is 1. The Labute approximate surface area is 197 Å². The zero-order chi connectivity index (χ0) is 22.0. The fourth-order valence-electron chi connectivity index (χ4n) is 3.13. The summed E-state index contributed by atoms with van der Waals surface area (Å²) >= 11 is 7.69. The van der Waals surface area contributed by atoms with Crippen molar-refractivity contribution in [1.29, 1.82) is 0 Å². The summed E-state index contributed by atoms with van der Waals surface area (Å²) in [5.41, 5.74) is 3.21. The average Bonchev–Trinajstić information content (AvgIpc) is 3.29. The van der Waals surface area contributed by atoms with Crippen molar-refractivity contribution in [3.05, 3.63) is 95.0 Å². The molecule has 32 heavy (non-hydrogen) atoms. The summed E-state index contributed by atoms with van der Waals surface area (Å²) in [7, 11) is 0. The van der Waals surface area contributed by atoms with Gasteiger partial charge in [-0.3, -0.25) is 0 Å². The predicted molar refractivity (Wildman–Crippen MR) is 128 cm³/mol. The van der Waals surface area contributed by atoms with Crippen LogP contribution in [0.25, 0.3) is 5.69 Å². The third-order valence-corrected chi connectivity index (χ3v) is 5.93. The first-order chi connectivity index (χ1) is 15.8. The number of rotatable bonds is 11. The zero-order valence-electron chi connectivity index (χ0n) is 17.5.